The Morgan fingerprint density at radius 2 is 1.85 bits per heavy atom. The maximum Gasteiger partial charge on any atom is 0.316 e. The normalized spacial score (nSPS) is 22.7. The van der Waals surface area contributed by atoms with Crippen molar-refractivity contribution in [3.8, 4) is 0 Å². The van der Waals surface area contributed by atoms with Crippen LogP contribution < -0.4 is 0 Å². The van der Waals surface area contributed by atoms with Gasteiger partial charge in [0.05, 0.1) is 12.8 Å². The molecule has 0 spiro atoms. The van der Waals surface area contributed by atoms with Crippen LogP contribution in [0.4, 0.5) is 5.69 Å². The largest absolute Gasteiger partial charge is 0.468 e. The van der Waals surface area contributed by atoms with Crippen molar-refractivity contribution in [3.05, 3.63) is 42.5 Å². The molecule has 0 radical (unpaired) electrons. The van der Waals surface area contributed by atoms with Crippen LogP contribution in [0, 0.1) is 17.3 Å². The van der Waals surface area contributed by atoms with Gasteiger partial charge in [0.2, 0.25) is 0 Å². The van der Waals surface area contributed by atoms with E-state index in [-0.39, 0.29) is 12.2 Å². The third-order valence-corrected chi connectivity index (χ3v) is 4.92. The summed E-state index contributed by atoms with van der Waals surface area (Å²) in [5.41, 5.74) is -0.0754. The van der Waals surface area contributed by atoms with Gasteiger partial charge < -0.3 is 4.74 Å². The van der Waals surface area contributed by atoms with Gasteiger partial charge in [0.25, 0.3) is 0 Å². The van der Waals surface area contributed by atoms with Crippen molar-refractivity contribution in [3.63, 3.8) is 0 Å². The summed E-state index contributed by atoms with van der Waals surface area (Å²) >= 11 is 0. The first-order valence-corrected chi connectivity index (χ1v) is 8.51. The molecule has 5 heteroatoms. The van der Waals surface area contributed by atoms with E-state index in [4.69, 9.17) is 4.74 Å². The fourth-order valence-corrected chi connectivity index (χ4v) is 3.57. The van der Waals surface area contributed by atoms with E-state index in [0.29, 0.717) is 5.69 Å². The Labute approximate surface area is 152 Å². The molecule has 0 amide bonds. The summed E-state index contributed by atoms with van der Waals surface area (Å²) in [6.07, 6.45) is 1.50. The molecule has 2 aromatic rings. The van der Waals surface area contributed by atoms with Crippen molar-refractivity contribution in [2.24, 2.45) is 22.2 Å². The summed E-state index contributed by atoms with van der Waals surface area (Å²) in [5.74, 6) is -3.25. The summed E-state index contributed by atoms with van der Waals surface area (Å²) in [6.45, 7) is 3.48. The number of ketones is 2. The number of benzene rings is 2. The standard InChI is InChI=1S/C21H21NO4/c1-21(2)11-17(23)15(19(24)18(21)20(25)26-3)12-22-16-10-6-8-13-7-4-5-9-14(13)16/h4-10,12,15,18H,11H2,1-3H3. The monoisotopic (exact) mass is 351 g/mol. The first-order valence-electron chi connectivity index (χ1n) is 8.51. The van der Waals surface area contributed by atoms with E-state index in [1.807, 2.05) is 42.5 Å². The highest BCUT2D eigenvalue weighted by Gasteiger charge is 2.51. The fraction of sp³-hybridized carbons (Fsp3) is 0.333. The van der Waals surface area contributed by atoms with Crippen LogP contribution in [0.5, 0.6) is 0 Å². The number of carbonyl (C=O) groups is 3. The highest BCUT2D eigenvalue weighted by Crippen LogP contribution is 2.39. The zero-order valence-corrected chi connectivity index (χ0v) is 15.1. The van der Waals surface area contributed by atoms with Gasteiger partial charge in [0.15, 0.2) is 5.78 Å². The lowest BCUT2D eigenvalue weighted by molar-refractivity contribution is -0.159. The maximum absolute atomic E-state index is 12.8. The van der Waals surface area contributed by atoms with Gasteiger partial charge in [0, 0.05) is 18.0 Å². The zero-order valence-electron chi connectivity index (χ0n) is 15.1. The molecule has 0 saturated heterocycles. The zero-order chi connectivity index (χ0) is 18.9. The highest BCUT2D eigenvalue weighted by atomic mass is 16.5. The van der Waals surface area contributed by atoms with Gasteiger partial charge in [-0.1, -0.05) is 50.2 Å². The van der Waals surface area contributed by atoms with Crippen molar-refractivity contribution in [2.45, 2.75) is 20.3 Å². The molecule has 1 aliphatic carbocycles. The minimum atomic E-state index is -1.02. The molecule has 0 aliphatic heterocycles. The molecule has 0 heterocycles. The Kier molecular flexibility index (Phi) is 4.72. The molecule has 2 aromatic carbocycles. The van der Waals surface area contributed by atoms with Gasteiger partial charge in [0.1, 0.15) is 17.6 Å². The van der Waals surface area contributed by atoms with Gasteiger partial charge in [-0.3, -0.25) is 19.4 Å². The highest BCUT2D eigenvalue weighted by molar-refractivity contribution is 6.21. The predicted molar refractivity (Wildman–Crippen MR) is 99.5 cm³/mol. The molecule has 134 valence electrons. The quantitative estimate of drug-likeness (QED) is 0.482. The van der Waals surface area contributed by atoms with E-state index < -0.39 is 29.0 Å². The van der Waals surface area contributed by atoms with E-state index >= 15 is 0 Å². The number of hydrogen-bond donors (Lipinski definition) is 0. The van der Waals surface area contributed by atoms with Crippen molar-refractivity contribution >= 4 is 40.2 Å². The molecule has 1 saturated carbocycles. The molecular weight excluding hydrogens is 330 g/mol. The molecule has 0 bridgehead atoms. The summed E-state index contributed by atoms with van der Waals surface area (Å²) in [5, 5.41) is 1.96. The minimum Gasteiger partial charge on any atom is -0.468 e. The van der Waals surface area contributed by atoms with Crippen molar-refractivity contribution in [1.29, 1.82) is 0 Å². The number of ether oxygens (including phenoxy) is 1. The average molecular weight is 351 g/mol. The van der Waals surface area contributed by atoms with Gasteiger partial charge in [-0.05, 0) is 16.9 Å². The number of hydrogen-bond acceptors (Lipinski definition) is 5. The molecule has 26 heavy (non-hydrogen) atoms. The second kappa shape index (κ2) is 6.83. The fourth-order valence-electron chi connectivity index (χ4n) is 3.57. The second-order valence-electron chi connectivity index (χ2n) is 7.24. The smallest absolute Gasteiger partial charge is 0.316 e. The summed E-state index contributed by atoms with van der Waals surface area (Å²) in [7, 11) is 1.25. The Hall–Kier alpha value is -2.82. The Morgan fingerprint density at radius 3 is 2.58 bits per heavy atom. The number of methoxy groups -OCH3 is 1. The summed E-state index contributed by atoms with van der Waals surface area (Å²) in [6, 6.07) is 13.4. The number of aliphatic imine (C=N–C) groups is 1. The van der Waals surface area contributed by atoms with Crippen LogP contribution in [-0.2, 0) is 19.1 Å². The van der Waals surface area contributed by atoms with Gasteiger partial charge in [-0.25, -0.2) is 0 Å². The van der Waals surface area contributed by atoms with Crippen molar-refractivity contribution in [1.82, 2.24) is 0 Å². The van der Waals surface area contributed by atoms with Crippen LogP contribution in [0.3, 0.4) is 0 Å². The van der Waals surface area contributed by atoms with Gasteiger partial charge in [-0.2, -0.15) is 0 Å². The number of rotatable bonds is 3. The molecule has 2 atom stereocenters. The number of Topliss-reactive ketones (excluding diaryl/α,β-unsaturated/α-hetero) is 2. The molecule has 1 fully saturated rings. The molecule has 2 unspecified atom stereocenters. The third-order valence-electron chi connectivity index (χ3n) is 4.92. The maximum atomic E-state index is 12.8. The van der Waals surface area contributed by atoms with Crippen LogP contribution in [0.15, 0.2) is 47.5 Å². The van der Waals surface area contributed by atoms with Crippen LogP contribution in [0.25, 0.3) is 10.8 Å². The molecule has 0 N–H and O–H groups in total. The lowest BCUT2D eigenvalue weighted by Gasteiger charge is -2.36. The number of esters is 1. The topological polar surface area (TPSA) is 72.8 Å². The Morgan fingerprint density at radius 1 is 1.15 bits per heavy atom. The van der Waals surface area contributed by atoms with Gasteiger partial charge >= 0.3 is 5.97 Å². The van der Waals surface area contributed by atoms with Crippen molar-refractivity contribution in [2.75, 3.05) is 7.11 Å². The Bertz CT molecular complexity index is 908. The number of carbonyl (C=O) groups excluding carboxylic acids is 3. The molecule has 1 aliphatic rings. The van der Waals surface area contributed by atoms with Crippen LogP contribution in [-0.4, -0.2) is 30.9 Å². The summed E-state index contributed by atoms with van der Waals surface area (Å²) in [4.78, 5) is 41.8. The van der Waals surface area contributed by atoms with E-state index in [0.717, 1.165) is 10.8 Å². The number of nitrogens with zero attached hydrogens (tertiary/aromatic N) is 1. The van der Waals surface area contributed by atoms with E-state index in [9.17, 15) is 14.4 Å². The first-order chi connectivity index (χ1) is 12.3. The summed E-state index contributed by atoms with van der Waals surface area (Å²) < 4.78 is 4.78. The van der Waals surface area contributed by atoms with E-state index in [2.05, 4.69) is 4.99 Å². The first kappa shape index (κ1) is 18.0. The Balaban J connectivity index is 1.95. The predicted octanol–water partition coefficient (Wildman–Crippen LogP) is 3.52. The molecular formula is C21H21NO4. The average Bonchev–Trinajstić information content (AvgIpc) is 2.60. The SMILES string of the molecule is COC(=O)C1C(=O)C(C=Nc2cccc3ccccc23)C(=O)CC1(C)C. The lowest BCUT2D eigenvalue weighted by Crippen LogP contribution is -2.50. The molecule has 0 aromatic heterocycles. The van der Waals surface area contributed by atoms with Crippen molar-refractivity contribution < 1.29 is 19.1 Å². The lowest BCUT2D eigenvalue weighted by atomic mass is 9.64. The molecule has 3 rings (SSSR count). The minimum absolute atomic E-state index is 0.130. The molecule has 5 nitrogen and oxygen atoms in total. The second-order valence-corrected chi connectivity index (χ2v) is 7.24. The van der Waals surface area contributed by atoms with Crippen LogP contribution in [0.1, 0.15) is 20.3 Å². The van der Waals surface area contributed by atoms with E-state index in [1.54, 1.807) is 13.8 Å². The van der Waals surface area contributed by atoms with E-state index in [1.165, 1.54) is 13.3 Å². The third kappa shape index (κ3) is 3.17. The number of fused-ring (bicyclic) bond motifs is 1. The van der Waals surface area contributed by atoms with Crippen LogP contribution in [0.2, 0.25) is 0 Å². The van der Waals surface area contributed by atoms with Crippen LogP contribution >= 0.6 is 0 Å². The van der Waals surface area contributed by atoms with Gasteiger partial charge in [-0.15, -0.1) is 0 Å².